The van der Waals surface area contributed by atoms with Crippen LogP contribution in [-0.4, -0.2) is 48.5 Å². The molecule has 3 amide bonds. The molecule has 1 aliphatic carbocycles. The molecule has 202 valence electrons. The van der Waals surface area contributed by atoms with Crippen molar-refractivity contribution in [1.82, 2.24) is 10.2 Å². The first-order chi connectivity index (χ1) is 17.5. The van der Waals surface area contributed by atoms with Crippen molar-refractivity contribution in [2.45, 2.75) is 82.4 Å². The number of nitrogens with zero attached hydrogens (tertiary/aromatic N) is 1. The predicted octanol–water partition coefficient (Wildman–Crippen LogP) is 4.79. The Morgan fingerprint density at radius 3 is 2.30 bits per heavy atom. The van der Waals surface area contributed by atoms with Gasteiger partial charge in [-0.05, 0) is 89.2 Å². The molecule has 3 rings (SSSR count). The topological polar surface area (TPSA) is 114 Å². The van der Waals surface area contributed by atoms with Crippen molar-refractivity contribution >= 4 is 34.9 Å². The van der Waals surface area contributed by atoms with Crippen LogP contribution in [0.1, 0.15) is 69.2 Å². The summed E-state index contributed by atoms with van der Waals surface area (Å²) >= 11 is 1.80. The van der Waals surface area contributed by atoms with Gasteiger partial charge in [0.2, 0.25) is 11.8 Å². The highest BCUT2D eigenvalue weighted by molar-refractivity contribution is 7.10. The van der Waals surface area contributed by atoms with Gasteiger partial charge in [-0.3, -0.25) is 14.5 Å². The molecule has 4 N–H and O–H groups in total. The van der Waals surface area contributed by atoms with Crippen LogP contribution in [0.5, 0.6) is 0 Å². The van der Waals surface area contributed by atoms with Crippen molar-refractivity contribution in [1.29, 1.82) is 0 Å². The van der Waals surface area contributed by atoms with Crippen LogP contribution in [0.25, 0.3) is 0 Å². The van der Waals surface area contributed by atoms with Gasteiger partial charge in [0.15, 0.2) is 0 Å². The van der Waals surface area contributed by atoms with Crippen LogP contribution >= 0.6 is 11.3 Å². The van der Waals surface area contributed by atoms with Crippen LogP contribution in [0, 0.1) is 0 Å². The van der Waals surface area contributed by atoms with Gasteiger partial charge in [-0.2, -0.15) is 0 Å². The molecule has 2 aromatic rings. The molecule has 1 aromatic carbocycles. The van der Waals surface area contributed by atoms with E-state index < -0.39 is 11.7 Å². The number of anilines is 1. The Hall–Kier alpha value is -2.91. The summed E-state index contributed by atoms with van der Waals surface area (Å²) in [7, 11) is 4.28. The van der Waals surface area contributed by atoms with Gasteiger partial charge in [-0.1, -0.05) is 18.2 Å². The third kappa shape index (κ3) is 8.30. The molecular formula is C28H40N4O4S. The fourth-order valence-electron chi connectivity index (χ4n) is 5.14. The Balaban J connectivity index is 1.37. The second-order valence-corrected chi connectivity index (χ2v) is 11.6. The van der Waals surface area contributed by atoms with Crippen LogP contribution in [0.4, 0.5) is 10.5 Å². The van der Waals surface area contributed by atoms with Crippen molar-refractivity contribution in [3.05, 3.63) is 52.2 Å². The summed E-state index contributed by atoms with van der Waals surface area (Å²) in [5, 5.41) is 8.18. The Morgan fingerprint density at radius 1 is 1.08 bits per heavy atom. The van der Waals surface area contributed by atoms with Crippen molar-refractivity contribution in [3.8, 4) is 0 Å². The van der Waals surface area contributed by atoms with Gasteiger partial charge >= 0.3 is 6.09 Å². The summed E-state index contributed by atoms with van der Waals surface area (Å²) in [5.74, 6) is -0.112. The Morgan fingerprint density at radius 2 is 1.73 bits per heavy atom. The van der Waals surface area contributed by atoms with E-state index in [1.807, 2.05) is 24.3 Å². The number of rotatable bonds is 11. The summed E-state index contributed by atoms with van der Waals surface area (Å²) in [6.07, 6.45) is 4.74. The van der Waals surface area contributed by atoms with Gasteiger partial charge in [0.1, 0.15) is 5.60 Å². The zero-order valence-electron chi connectivity index (χ0n) is 22.3. The number of ether oxygens (including phenoxy) is 1. The number of thiophene rings is 1. The van der Waals surface area contributed by atoms with Gasteiger partial charge < -0.3 is 21.1 Å². The van der Waals surface area contributed by atoms with E-state index in [2.05, 4.69) is 47.1 Å². The van der Waals surface area contributed by atoms with Crippen LogP contribution in [-0.2, 0) is 26.3 Å². The molecule has 1 saturated carbocycles. The number of nitrogens with two attached hydrogens (primary N) is 1. The van der Waals surface area contributed by atoms with Gasteiger partial charge in [0.05, 0.1) is 5.54 Å². The third-order valence-electron chi connectivity index (χ3n) is 7.07. The maximum atomic E-state index is 12.5. The van der Waals surface area contributed by atoms with E-state index in [0.717, 1.165) is 31.2 Å². The minimum Gasteiger partial charge on any atom is -0.443 e. The average molecular weight is 529 g/mol. The number of amides is 3. The van der Waals surface area contributed by atoms with Crippen LogP contribution in [0.2, 0.25) is 0 Å². The number of carbonyl (C=O) groups is 3. The minimum absolute atomic E-state index is 0.0106. The van der Waals surface area contributed by atoms with Crippen LogP contribution in [0.15, 0.2) is 41.8 Å². The molecule has 1 aromatic heterocycles. The average Bonchev–Trinajstić information content (AvgIpc) is 3.35. The van der Waals surface area contributed by atoms with E-state index in [0.29, 0.717) is 24.9 Å². The molecule has 0 radical (unpaired) electrons. The van der Waals surface area contributed by atoms with Crippen molar-refractivity contribution in [3.63, 3.8) is 0 Å². The Labute approximate surface area is 223 Å². The molecule has 0 spiro atoms. The zero-order valence-corrected chi connectivity index (χ0v) is 23.2. The molecule has 0 bridgehead atoms. The summed E-state index contributed by atoms with van der Waals surface area (Å²) in [6, 6.07) is 11.9. The highest BCUT2D eigenvalue weighted by atomic mass is 32.1. The van der Waals surface area contributed by atoms with E-state index in [9.17, 15) is 14.4 Å². The second-order valence-electron chi connectivity index (χ2n) is 10.7. The van der Waals surface area contributed by atoms with E-state index in [4.69, 9.17) is 10.5 Å². The maximum absolute atomic E-state index is 12.5. The molecule has 1 aliphatic rings. The summed E-state index contributed by atoms with van der Waals surface area (Å²) in [6.45, 7) is 3.58. The van der Waals surface area contributed by atoms with Crippen molar-refractivity contribution in [2.24, 2.45) is 5.73 Å². The monoisotopic (exact) mass is 528 g/mol. The molecule has 0 unspecified atom stereocenters. The number of nitrogens with one attached hydrogen (secondary N) is 2. The van der Waals surface area contributed by atoms with Gasteiger partial charge in [0, 0.05) is 35.9 Å². The Kier molecular flexibility index (Phi) is 9.73. The van der Waals surface area contributed by atoms with E-state index >= 15 is 0 Å². The molecule has 0 aliphatic heterocycles. The lowest BCUT2D eigenvalue weighted by atomic mass is 9.77. The number of primary amides is 1. The quantitative estimate of drug-likeness (QED) is 0.388. The summed E-state index contributed by atoms with van der Waals surface area (Å²) < 4.78 is 5.12. The van der Waals surface area contributed by atoms with E-state index in [1.54, 1.807) is 25.2 Å². The fourth-order valence-corrected chi connectivity index (χ4v) is 6.20. The fraction of sp³-hybridized carbons (Fsp3) is 0.536. The Bertz CT molecular complexity index is 1040. The highest BCUT2D eigenvalue weighted by Crippen LogP contribution is 2.43. The standard InChI is InChI=1S/C28H40N4O4S/c1-27(2,36-26(29)35)19-20-10-12-21(13-11-20)30-24(33)8-5-9-25(34)31-22-14-16-28(17-15-22,32(3)4)23-7-6-18-37-23/h6-7,10-13,18,22H,5,8-9,14-17,19H2,1-4H3,(H2,29,35)(H,30,33)(H,31,34). The number of carbonyl (C=O) groups excluding carboxylic acids is 3. The molecule has 0 atom stereocenters. The van der Waals surface area contributed by atoms with E-state index in [1.165, 1.54) is 4.88 Å². The number of benzene rings is 1. The lowest BCUT2D eigenvalue weighted by molar-refractivity contribution is -0.122. The van der Waals surface area contributed by atoms with Crippen molar-refractivity contribution in [2.75, 3.05) is 19.4 Å². The molecule has 1 fully saturated rings. The van der Waals surface area contributed by atoms with Gasteiger partial charge in [-0.15, -0.1) is 11.3 Å². The van der Waals surface area contributed by atoms with Gasteiger partial charge in [-0.25, -0.2) is 4.79 Å². The molecule has 1 heterocycles. The third-order valence-corrected chi connectivity index (χ3v) is 8.13. The number of hydrogen-bond acceptors (Lipinski definition) is 6. The SMILES string of the molecule is CN(C)C1(c2cccs2)CCC(NC(=O)CCCC(=O)Nc2ccc(CC(C)(C)OC(N)=O)cc2)CC1. The smallest absolute Gasteiger partial charge is 0.405 e. The molecule has 0 saturated heterocycles. The van der Waals surface area contributed by atoms with Crippen LogP contribution in [0.3, 0.4) is 0 Å². The minimum atomic E-state index is -0.804. The normalized spacial score (nSPS) is 19.9. The summed E-state index contributed by atoms with van der Waals surface area (Å²) in [4.78, 5) is 39.6. The molecular weight excluding hydrogens is 488 g/mol. The van der Waals surface area contributed by atoms with Crippen LogP contribution < -0.4 is 16.4 Å². The van der Waals surface area contributed by atoms with Crippen molar-refractivity contribution < 1.29 is 19.1 Å². The number of hydrogen-bond donors (Lipinski definition) is 3. The molecule has 37 heavy (non-hydrogen) atoms. The molecule has 9 heteroatoms. The largest absolute Gasteiger partial charge is 0.443 e. The first-order valence-electron chi connectivity index (χ1n) is 12.9. The van der Waals surface area contributed by atoms with E-state index in [-0.39, 0.29) is 29.8 Å². The first-order valence-corrected chi connectivity index (χ1v) is 13.8. The second kappa shape index (κ2) is 12.6. The molecule has 8 nitrogen and oxygen atoms in total. The highest BCUT2D eigenvalue weighted by Gasteiger charge is 2.39. The zero-order chi connectivity index (χ0) is 27.1. The predicted molar refractivity (Wildman–Crippen MR) is 147 cm³/mol. The summed E-state index contributed by atoms with van der Waals surface area (Å²) in [5.41, 5.74) is 6.10. The lowest BCUT2D eigenvalue weighted by Gasteiger charge is -2.44. The first kappa shape index (κ1) is 28.7. The maximum Gasteiger partial charge on any atom is 0.405 e. The lowest BCUT2D eigenvalue weighted by Crippen LogP contribution is -2.48. The van der Waals surface area contributed by atoms with Gasteiger partial charge in [0.25, 0.3) is 0 Å².